The van der Waals surface area contributed by atoms with Crippen molar-refractivity contribution in [1.29, 1.82) is 0 Å². The van der Waals surface area contributed by atoms with Gasteiger partial charge in [-0.15, -0.1) is 0 Å². The molecule has 0 aromatic carbocycles. The van der Waals surface area contributed by atoms with Gasteiger partial charge in [-0.25, -0.2) is 0 Å². The molecule has 0 aliphatic carbocycles. The van der Waals surface area contributed by atoms with Crippen LogP contribution in [0, 0.1) is 0 Å². The van der Waals surface area contributed by atoms with Crippen LogP contribution in [0.15, 0.2) is 0 Å². The van der Waals surface area contributed by atoms with Gasteiger partial charge in [0.1, 0.15) is 24.4 Å². The van der Waals surface area contributed by atoms with Crippen molar-refractivity contribution in [2.45, 2.75) is 141 Å². The summed E-state index contributed by atoms with van der Waals surface area (Å²) in [5.41, 5.74) is 0. The average Bonchev–Trinajstić information content (AvgIpc) is 2.79. The summed E-state index contributed by atoms with van der Waals surface area (Å²) in [7, 11) is 0. The lowest BCUT2D eigenvalue weighted by atomic mass is 10.0. The predicted octanol–water partition coefficient (Wildman–Crippen LogP) is 3.34. The van der Waals surface area contributed by atoms with E-state index in [9.17, 15) is 9.59 Å². The summed E-state index contributed by atoms with van der Waals surface area (Å²) in [4.78, 5) is 20.9. The van der Waals surface area contributed by atoms with Crippen LogP contribution in [-0.2, 0) is 9.59 Å². The third-order valence-corrected chi connectivity index (χ3v) is 5.67. The lowest BCUT2D eigenvalue weighted by molar-refractivity contribution is -0.145. The Bertz CT molecular complexity index is 458. The van der Waals surface area contributed by atoms with Crippen LogP contribution in [0.1, 0.15) is 117 Å². The van der Waals surface area contributed by atoms with Crippen LogP contribution in [0.4, 0.5) is 0 Å². The number of unbranched alkanes of at least 4 members (excludes halogenated alkanes) is 14. The maximum atomic E-state index is 10.5. The topological polar surface area (TPSA) is 156 Å². The van der Waals surface area contributed by atoms with E-state index in [4.69, 9.17) is 30.6 Å². The van der Waals surface area contributed by atoms with Crippen LogP contribution < -0.4 is 0 Å². The van der Waals surface area contributed by atoms with Crippen LogP contribution in [0.3, 0.4) is 0 Å². The molecule has 0 bridgehead atoms. The molecule has 4 atom stereocenters. The van der Waals surface area contributed by atoms with E-state index in [0.717, 1.165) is 19.8 Å². The molecule has 33 heavy (non-hydrogen) atoms. The number of carboxylic acids is 1. The fourth-order valence-electron chi connectivity index (χ4n) is 3.41. The fraction of sp³-hybridized carbons (Fsp3) is 0.920. The first-order valence-corrected chi connectivity index (χ1v) is 12.7. The fourth-order valence-corrected chi connectivity index (χ4v) is 3.41. The standard InChI is InChI=1S/C18H36O2.C7H14O6/c1-2-3-4-5-6-7-8-9-10-11-12-13-14-15-16-17-18(19)20;1-3(9)5(11)7(13)6(12)4(10)2-8/h2-17H2,1H3,(H,19,20);4-8,10-13H,2H2,1H3. The Morgan fingerprint density at radius 2 is 1.00 bits per heavy atom. The molecular weight excluding hydrogens is 428 g/mol. The monoisotopic (exact) mass is 478 g/mol. The number of aliphatic hydroxyl groups excluding tert-OH is 5. The molecule has 8 nitrogen and oxygen atoms in total. The number of hydrogen-bond acceptors (Lipinski definition) is 7. The Morgan fingerprint density at radius 1 is 0.636 bits per heavy atom. The van der Waals surface area contributed by atoms with Crippen molar-refractivity contribution in [2.75, 3.05) is 6.61 Å². The van der Waals surface area contributed by atoms with Crippen molar-refractivity contribution in [2.24, 2.45) is 0 Å². The summed E-state index contributed by atoms with van der Waals surface area (Å²) in [6, 6.07) is 0. The molecule has 0 radical (unpaired) electrons. The van der Waals surface area contributed by atoms with Gasteiger partial charge in [-0.1, -0.05) is 96.8 Å². The van der Waals surface area contributed by atoms with Gasteiger partial charge in [-0.3, -0.25) is 9.59 Å². The molecule has 198 valence electrons. The normalized spacial score (nSPS) is 14.6. The second kappa shape index (κ2) is 24.1. The maximum absolute atomic E-state index is 10.5. The van der Waals surface area contributed by atoms with E-state index in [2.05, 4.69) is 6.92 Å². The Morgan fingerprint density at radius 3 is 1.30 bits per heavy atom. The van der Waals surface area contributed by atoms with Crippen molar-refractivity contribution in [1.82, 2.24) is 0 Å². The van der Waals surface area contributed by atoms with Gasteiger partial charge in [0.05, 0.1) is 6.61 Å². The van der Waals surface area contributed by atoms with Crippen LogP contribution in [-0.4, -0.2) is 73.4 Å². The van der Waals surface area contributed by atoms with Gasteiger partial charge < -0.3 is 30.6 Å². The zero-order valence-electron chi connectivity index (χ0n) is 20.8. The molecule has 0 amide bonds. The molecule has 0 heterocycles. The molecule has 0 aromatic heterocycles. The summed E-state index contributed by atoms with van der Waals surface area (Å²) in [5, 5.41) is 52.8. The van der Waals surface area contributed by atoms with Gasteiger partial charge in [0.25, 0.3) is 0 Å². The minimum atomic E-state index is -1.79. The summed E-state index contributed by atoms with van der Waals surface area (Å²) < 4.78 is 0. The van der Waals surface area contributed by atoms with E-state index in [1.807, 2.05) is 0 Å². The Kier molecular flexibility index (Phi) is 24.9. The van der Waals surface area contributed by atoms with E-state index >= 15 is 0 Å². The Hall–Kier alpha value is -1.06. The van der Waals surface area contributed by atoms with Crippen LogP contribution in [0.5, 0.6) is 0 Å². The van der Waals surface area contributed by atoms with Gasteiger partial charge in [0, 0.05) is 6.42 Å². The molecule has 0 rings (SSSR count). The van der Waals surface area contributed by atoms with Crippen molar-refractivity contribution in [3.05, 3.63) is 0 Å². The first-order valence-electron chi connectivity index (χ1n) is 12.7. The Labute approximate surface area is 200 Å². The molecule has 0 aromatic rings. The van der Waals surface area contributed by atoms with E-state index in [-0.39, 0.29) is 0 Å². The van der Waals surface area contributed by atoms with Gasteiger partial charge in [-0.2, -0.15) is 0 Å². The lowest BCUT2D eigenvalue weighted by Crippen LogP contribution is -2.48. The van der Waals surface area contributed by atoms with Crippen LogP contribution >= 0.6 is 0 Å². The summed E-state index contributed by atoms with van der Waals surface area (Å²) >= 11 is 0. The third-order valence-electron chi connectivity index (χ3n) is 5.67. The van der Waals surface area contributed by atoms with E-state index in [0.29, 0.717) is 6.42 Å². The number of Topliss-reactive ketones (excluding diaryl/α,β-unsaturated/α-hetero) is 1. The molecule has 0 spiro atoms. The van der Waals surface area contributed by atoms with E-state index < -0.39 is 42.8 Å². The number of rotatable bonds is 21. The smallest absolute Gasteiger partial charge is 0.303 e. The van der Waals surface area contributed by atoms with E-state index in [1.165, 1.54) is 83.5 Å². The minimum Gasteiger partial charge on any atom is -0.481 e. The predicted molar refractivity (Wildman–Crippen MR) is 129 cm³/mol. The molecule has 0 saturated heterocycles. The van der Waals surface area contributed by atoms with Crippen LogP contribution in [0.25, 0.3) is 0 Å². The first-order chi connectivity index (χ1) is 15.7. The second-order valence-electron chi connectivity index (χ2n) is 8.88. The molecule has 4 unspecified atom stereocenters. The number of hydrogen-bond donors (Lipinski definition) is 6. The highest BCUT2D eigenvalue weighted by molar-refractivity contribution is 5.80. The van der Waals surface area contributed by atoms with Crippen molar-refractivity contribution >= 4 is 11.8 Å². The number of ketones is 1. The molecule has 8 heteroatoms. The SMILES string of the molecule is CC(=O)C(O)C(O)C(O)C(O)CO.CCCCCCCCCCCCCCCCCC(=O)O. The lowest BCUT2D eigenvalue weighted by Gasteiger charge is -2.23. The van der Waals surface area contributed by atoms with Crippen molar-refractivity contribution in [3.63, 3.8) is 0 Å². The number of aliphatic hydroxyl groups is 5. The summed E-state index contributed by atoms with van der Waals surface area (Å²) in [6.45, 7) is 2.54. The molecular formula is C25H50O8. The highest BCUT2D eigenvalue weighted by Crippen LogP contribution is 2.13. The third kappa shape index (κ3) is 22.5. The molecule has 0 saturated carbocycles. The van der Waals surface area contributed by atoms with Gasteiger partial charge in [-0.05, 0) is 13.3 Å². The second-order valence-corrected chi connectivity index (χ2v) is 8.88. The van der Waals surface area contributed by atoms with E-state index in [1.54, 1.807) is 0 Å². The quantitative estimate of drug-likeness (QED) is 0.137. The zero-order chi connectivity index (χ0) is 25.5. The van der Waals surface area contributed by atoms with Gasteiger partial charge in [0.2, 0.25) is 0 Å². The van der Waals surface area contributed by atoms with Gasteiger partial charge in [0.15, 0.2) is 5.78 Å². The molecule has 0 aliphatic rings. The highest BCUT2D eigenvalue weighted by Gasteiger charge is 2.32. The van der Waals surface area contributed by atoms with Crippen molar-refractivity contribution < 1.29 is 40.2 Å². The molecule has 0 aliphatic heterocycles. The van der Waals surface area contributed by atoms with Crippen LogP contribution in [0.2, 0.25) is 0 Å². The number of aliphatic carboxylic acids is 1. The Balaban J connectivity index is 0. The zero-order valence-corrected chi connectivity index (χ0v) is 20.8. The minimum absolute atomic E-state index is 0.345. The largest absolute Gasteiger partial charge is 0.481 e. The number of carbonyl (C=O) groups excluding carboxylic acids is 1. The average molecular weight is 479 g/mol. The highest BCUT2D eigenvalue weighted by atomic mass is 16.4. The first kappa shape index (κ1) is 34.1. The molecule has 0 fully saturated rings. The number of carboxylic acid groups (broad SMARTS) is 1. The maximum Gasteiger partial charge on any atom is 0.303 e. The summed E-state index contributed by atoms with van der Waals surface area (Å²) in [6.07, 6.45) is 13.3. The van der Waals surface area contributed by atoms with Gasteiger partial charge >= 0.3 is 5.97 Å². The molecule has 6 N–H and O–H groups in total. The summed E-state index contributed by atoms with van der Waals surface area (Å²) in [5.74, 6) is -1.38. The number of carbonyl (C=O) groups is 2. The van der Waals surface area contributed by atoms with Crippen molar-refractivity contribution in [3.8, 4) is 0 Å².